The zero-order chi connectivity index (χ0) is 45.8. The van der Waals surface area contributed by atoms with E-state index in [0.29, 0.717) is 33.7 Å². The summed E-state index contributed by atoms with van der Waals surface area (Å²) in [4.78, 5) is 39.7. The third-order valence-corrected chi connectivity index (χ3v) is 9.15. The summed E-state index contributed by atoms with van der Waals surface area (Å²) in [5, 5.41) is 27.4. The van der Waals surface area contributed by atoms with Crippen LogP contribution in [-0.4, -0.2) is 21.7 Å². The highest BCUT2D eigenvalue weighted by Crippen LogP contribution is 2.29. The number of nitrogens with two attached hydrogens (primary N) is 1. The summed E-state index contributed by atoms with van der Waals surface area (Å²) in [7, 11) is 1.97. The monoisotopic (exact) mass is 875 g/mol. The number of aromatic nitrogens is 2. The van der Waals surface area contributed by atoms with Gasteiger partial charge in [0.15, 0.2) is 12.4 Å². The van der Waals surface area contributed by atoms with E-state index in [1.54, 1.807) is 79.0 Å². The molecule has 8 aromatic rings. The standard InChI is InChI=1S/C28H21N5O3.C19H18N4O.2ClH.3H2/c34-28(19-6-8-21(9-7-19)30-20-4-2-1-3-5-20)32-23-12-10-22(11-13-23)31-26-16-17-29-27-18-24(33(35)36)14-15-25(26)27;1-23-12-10-18(11-13-23)21-16-6-2-14(3-7-16)19(24)22-17-8-4-15(20)5-9-17;;;;;/h1-18,30H,(H,29,31)(H,32,34);2-13H,20H2,1H3,(H,22,24);5*1H/p-1/i;;;;2*1+1D;1+1. The third kappa shape index (κ3) is 12.3. The fourth-order valence-corrected chi connectivity index (χ4v) is 5.97. The summed E-state index contributed by atoms with van der Waals surface area (Å²) in [6.07, 6.45) is 5.54. The number of nitrogens with zero attached hydrogens (tertiary/aromatic N) is 3. The lowest BCUT2D eigenvalue weighted by Gasteiger charge is -2.11. The number of carbonyl (C=O) groups is 2. The number of rotatable bonds is 11. The maximum atomic E-state index is 12.7. The maximum absolute atomic E-state index is 12.7. The normalized spacial score (nSPS) is 10.3. The van der Waals surface area contributed by atoms with E-state index < -0.39 is 4.92 Å². The molecule has 0 aliphatic rings. The van der Waals surface area contributed by atoms with Crippen molar-refractivity contribution in [2.75, 3.05) is 32.3 Å². The predicted molar refractivity (Wildman–Crippen MR) is 245 cm³/mol. The molecule has 62 heavy (non-hydrogen) atoms. The van der Waals surface area contributed by atoms with Crippen LogP contribution in [0.5, 0.6) is 0 Å². The van der Waals surface area contributed by atoms with E-state index in [1.807, 2.05) is 103 Å². The summed E-state index contributed by atoms with van der Waals surface area (Å²) in [5.74, 6) is -0.359. The summed E-state index contributed by atoms with van der Waals surface area (Å²) < 4.78 is 22.0. The van der Waals surface area contributed by atoms with Gasteiger partial charge in [0.2, 0.25) is 0 Å². The van der Waals surface area contributed by atoms with E-state index in [0.717, 1.165) is 39.5 Å². The first kappa shape index (κ1) is 42.1. The number of nitro groups is 1. The second-order valence-corrected chi connectivity index (χ2v) is 13.6. The molecule has 318 valence electrons. The second-order valence-electron chi connectivity index (χ2n) is 13.6. The number of nitrogen functional groups attached to an aromatic ring is 1. The molecule has 6 aromatic carbocycles. The van der Waals surface area contributed by atoms with Gasteiger partial charge < -0.3 is 57.1 Å². The molecule has 0 aliphatic carbocycles. The molecule has 0 fully saturated rings. The first-order valence-electron chi connectivity index (χ1n) is 20.8. The molecule has 0 radical (unpaired) electrons. The first-order chi connectivity index (χ1) is 31.1. The van der Waals surface area contributed by atoms with Crippen molar-refractivity contribution < 1.29 is 51.3 Å². The molecule has 7 N–H and O–H groups in total. The number of para-hydroxylation sites is 1. The summed E-state index contributed by atoms with van der Waals surface area (Å²) >= 11 is 0. The van der Waals surface area contributed by atoms with Gasteiger partial charge in [0.05, 0.1) is 16.1 Å². The van der Waals surface area contributed by atoms with Crippen LogP contribution >= 0.6 is 0 Å². The Bertz CT molecular complexity index is 2770. The van der Waals surface area contributed by atoms with Crippen molar-refractivity contribution in [3.8, 4) is 0 Å². The molecular weight excluding hydrogens is 825 g/mol. The van der Waals surface area contributed by atoms with Gasteiger partial charge in [0.25, 0.3) is 17.5 Å². The van der Waals surface area contributed by atoms with E-state index in [1.165, 1.54) is 12.1 Å². The zero-order valence-corrected chi connectivity index (χ0v) is 34.6. The Labute approximate surface area is 377 Å². The minimum Gasteiger partial charge on any atom is -1.00 e. The largest absolute Gasteiger partial charge is 1.00 e. The fourth-order valence-electron chi connectivity index (χ4n) is 5.97. The molecule has 0 aliphatic heterocycles. The van der Waals surface area contributed by atoms with E-state index >= 15 is 0 Å². The lowest BCUT2D eigenvalue weighted by atomic mass is 10.1. The van der Waals surface area contributed by atoms with Gasteiger partial charge in [-0.1, -0.05) is 18.2 Å². The average molecular weight is 877 g/mol. The molecule has 0 bridgehead atoms. The van der Waals surface area contributed by atoms with Crippen molar-refractivity contribution in [2.45, 2.75) is 0 Å². The number of anilines is 9. The Morgan fingerprint density at radius 2 is 1.05 bits per heavy atom. The maximum Gasteiger partial charge on any atom is 0.271 e. The van der Waals surface area contributed by atoms with Crippen LogP contribution in [-0.2, 0) is 7.05 Å². The smallest absolute Gasteiger partial charge is 0.271 e. The number of amides is 2. The summed E-state index contributed by atoms with van der Waals surface area (Å²) in [5.41, 5.74) is 14.7. The molecular formula is C47H46Cl2N9O4-. The van der Waals surface area contributed by atoms with E-state index in [2.05, 4.69) is 31.6 Å². The van der Waals surface area contributed by atoms with Crippen LogP contribution in [0, 0.1) is 10.1 Å². The Balaban J connectivity index is 0.000000437. The molecule has 0 unspecified atom stereocenters. The van der Waals surface area contributed by atoms with Crippen molar-refractivity contribution in [3.05, 3.63) is 204 Å². The number of carbonyl (C=O) groups excluding carboxylic acids is 2. The van der Waals surface area contributed by atoms with Gasteiger partial charge in [-0.15, -0.1) is 0 Å². The van der Waals surface area contributed by atoms with Crippen molar-refractivity contribution in [3.63, 3.8) is 0 Å². The Morgan fingerprint density at radius 3 is 1.58 bits per heavy atom. The molecule has 8 rings (SSSR count). The van der Waals surface area contributed by atoms with Crippen molar-refractivity contribution in [1.29, 1.82) is 0 Å². The molecule has 2 heterocycles. The van der Waals surface area contributed by atoms with Gasteiger partial charge in [0.1, 0.15) is 7.05 Å². The van der Waals surface area contributed by atoms with E-state index in [-0.39, 0.29) is 43.7 Å². The van der Waals surface area contributed by atoms with Gasteiger partial charge in [-0.3, -0.25) is 24.7 Å². The molecule has 2 aromatic heterocycles. The lowest BCUT2D eigenvalue weighted by molar-refractivity contribution is -0.671. The molecule has 0 spiro atoms. The van der Waals surface area contributed by atoms with Gasteiger partial charge in [-0.2, -0.15) is 0 Å². The van der Waals surface area contributed by atoms with Crippen LogP contribution < -0.4 is 61.7 Å². The van der Waals surface area contributed by atoms with Crippen LogP contribution in [0.1, 0.15) is 28.1 Å². The number of aryl methyl sites for hydroxylation is 1. The fraction of sp³-hybridized carbons (Fsp3) is 0.0213. The second kappa shape index (κ2) is 21.3. The number of fused-ring (bicyclic) bond motifs is 1. The molecule has 0 saturated heterocycles. The number of hydrogen-bond acceptors (Lipinski definition) is 9. The van der Waals surface area contributed by atoms with Crippen LogP contribution in [0.3, 0.4) is 0 Å². The number of benzene rings is 6. The van der Waals surface area contributed by atoms with Crippen LogP contribution in [0.15, 0.2) is 182 Å². The van der Waals surface area contributed by atoms with Crippen molar-refractivity contribution >= 4 is 79.6 Å². The zero-order valence-electron chi connectivity index (χ0n) is 37.1. The van der Waals surface area contributed by atoms with Crippen LogP contribution in [0.4, 0.5) is 56.9 Å². The number of hydrogen-bond donors (Lipinski definition) is 6. The molecule has 0 saturated carbocycles. The quantitative estimate of drug-likeness (QED) is 0.0465. The Kier molecular flexibility index (Phi) is 14.5. The van der Waals surface area contributed by atoms with E-state index in [9.17, 15) is 19.7 Å². The number of pyridine rings is 2. The minimum absolute atomic E-state index is 0. The number of halogens is 2. The SMILES string of the molecule is C[n+]1ccc(Nc2ccc(C(=O)Nc3ccc(N)cc3)cc2)cc1.O=C(Nc1ccc(Nc2ccnc3cc([N+](=O)[O-])ccc23)cc1)c1ccc(Nc2ccccc2)cc1.[2HH].[2H][2H].[2H][2H].[Cl-].[Cl-]. The lowest BCUT2D eigenvalue weighted by Crippen LogP contribution is -3.00. The minimum atomic E-state index is -0.440. The Morgan fingerprint density at radius 1 is 0.597 bits per heavy atom. The number of nitro benzene ring substituents is 1. The average Bonchev–Trinajstić information content (AvgIpc) is 3.33. The topological polar surface area (TPSA) is 180 Å². The predicted octanol–water partition coefficient (Wildman–Crippen LogP) is 4.72. The highest BCUT2D eigenvalue weighted by atomic mass is 35.5. The number of non-ortho nitro benzene ring substituents is 1. The van der Waals surface area contributed by atoms with Gasteiger partial charge >= 0.3 is 0 Å². The van der Waals surface area contributed by atoms with Gasteiger partial charge in [-0.25, -0.2) is 4.57 Å². The van der Waals surface area contributed by atoms with Crippen molar-refractivity contribution in [2.24, 2.45) is 7.05 Å². The van der Waals surface area contributed by atoms with Gasteiger partial charge in [-0.05, 0) is 121 Å². The molecule has 15 heteroatoms. The summed E-state index contributed by atoms with van der Waals surface area (Å²) in [6.45, 7) is 0. The molecule has 13 nitrogen and oxygen atoms in total. The van der Waals surface area contributed by atoms with Gasteiger partial charge in [0, 0.05) is 99.8 Å². The van der Waals surface area contributed by atoms with E-state index in [4.69, 9.17) is 11.7 Å². The molecule has 2 amide bonds. The first-order valence-corrected chi connectivity index (χ1v) is 18.8. The summed E-state index contributed by atoms with van der Waals surface area (Å²) in [6, 6.07) is 49.2. The third-order valence-electron chi connectivity index (χ3n) is 9.15. The highest BCUT2D eigenvalue weighted by Gasteiger charge is 2.11. The Hall–Kier alpha value is -8.00. The molecule has 0 atom stereocenters. The van der Waals surface area contributed by atoms with Crippen LogP contribution in [0.25, 0.3) is 10.9 Å². The van der Waals surface area contributed by atoms with Crippen molar-refractivity contribution in [1.82, 2.24) is 4.98 Å². The highest BCUT2D eigenvalue weighted by molar-refractivity contribution is 6.05. The number of nitrogens with one attached hydrogen (secondary N) is 5. The van der Waals surface area contributed by atoms with Crippen LogP contribution in [0.2, 0.25) is 0 Å².